The van der Waals surface area contributed by atoms with Crippen LogP contribution in [0.5, 0.6) is 0 Å². The molecular formula is C13H17BrFN3O. The Labute approximate surface area is 120 Å². The van der Waals surface area contributed by atoms with Crippen LogP contribution >= 0.6 is 15.9 Å². The molecule has 0 atom stereocenters. The number of anilines is 1. The number of carbonyl (C=O) groups is 1. The highest BCUT2D eigenvalue weighted by Gasteiger charge is 2.25. The molecule has 0 radical (unpaired) electrons. The molecule has 1 saturated heterocycles. The van der Waals surface area contributed by atoms with Gasteiger partial charge >= 0.3 is 0 Å². The first-order valence-electron chi connectivity index (χ1n) is 6.25. The molecule has 104 valence electrons. The van der Waals surface area contributed by atoms with Crippen LogP contribution in [-0.2, 0) is 11.3 Å². The van der Waals surface area contributed by atoms with E-state index in [2.05, 4.69) is 15.9 Å². The number of piperidine rings is 1. The van der Waals surface area contributed by atoms with Crippen molar-refractivity contribution in [2.45, 2.75) is 19.4 Å². The molecule has 1 aromatic carbocycles. The number of nitrogens with two attached hydrogens (primary N) is 2. The number of amides is 1. The number of hydrogen-bond acceptors (Lipinski definition) is 3. The zero-order chi connectivity index (χ0) is 14.0. The molecule has 1 amide bonds. The highest BCUT2D eigenvalue weighted by Crippen LogP contribution is 2.31. The van der Waals surface area contributed by atoms with Gasteiger partial charge in [-0.3, -0.25) is 4.79 Å². The zero-order valence-electron chi connectivity index (χ0n) is 10.5. The molecule has 0 aliphatic carbocycles. The van der Waals surface area contributed by atoms with Crippen LogP contribution in [0, 0.1) is 11.7 Å². The number of rotatable bonds is 3. The summed E-state index contributed by atoms with van der Waals surface area (Å²) in [4.78, 5) is 13.1. The standard InChI is InChI=1S/C13H17BrFN3O/c14-11-9(7-16)1-2-10(12(11)15)18-5-3-8(4-6-18)13(17)19/h1-2,8H,3-7,16H2,(H2,17,19). The van der Waals surface area contributed by atoms with Crippen molar-refractivity contribution in [3.63, 3.8) is 0 Å². The lowest BCUT2D eigenvalue weighted by Gasteiger charge is -2.32. The fourth-order valence-corrected chi connectivity index (χ4v) is 2.88. The van der Waals surface area contributed by atoms with Gasteiger partial charge in [0.15, 0.2) is 5.82 Å². The van der Waals surface area contributed by atoms with E-state index in [0.29, 0.717) is 42.6 Å². The maximum absolute atomic E-state index is 14.3. The Kier molecular flexibility index (Phi) is 4.42. The summed E-state index contributed by atoms with van der Waals surface area (Å²) < 4.78 is 14.7. The molecule has 4 N–H and O–H groups in total. The smallest absolute Gasteiger partial charge is 0.220 e. The van der Waals surface area contributed by atoms with E-state index in [1.807, 2.05) is 11.0 Å². The summed E-state index contributed by atoms with van der Waals surface area (Å²) >= 11 is 3.24. The van der Waals surface area contributed by atoms with Gasteiger partial charge in [-0.25, -0.2) is 4.39 Å². The molecule has 2 rings (SSSR count). The van der Waals surface area contributed by atoms with Gasteiger partial charge in [0.05, 0.1) is 10.2 Å². The first-order chi connectivity index (χ1) is 9.04. The lowest BCUT2D eigenvalue weighted by atomic mass is 9.96. The van der Waals surface area contributed by atoms with Crippen LogP contribution in [0.4, 0.5) is 10.1 Å². The van der Waals surface area contributed by atoms with E-state index in [1.54, 1.807) is 6.07 Å². The number of benzene rings is 1. The summed E-state index contributed by atoms with van der Waals surface area (Å²) in [6.07, 6.45) is 1.34. The Morgan fingerprint density at radius 1 is 1.42 bits per heavy atom. The Morgan fingerprint density at radius 2 is 2.05 bits per heavy atom. The van der Waals surface area contributed by atoms with Crippen LogP contribution in [-0.4, -0.2) is 19.0 Å². The molecule has 4 nitrogen and oxygen atoms in total. The molecule has 1 aliphatic rings. The predicted molar refractivity (Wildman–Crippen MR) is 76.1 cm³/mol. The third-order valence-corrected chi connectivity index (χ3v) is 4.46. The monoisotopic (exact) mass is 329 g/mol. The summed E-state index contributed by atoms with van der Waals surface area (Å²) in [6.45, 7) is 1.57. The lowest BCUT2D eigenvalue weighted by Crippen LogP contribution is -2.39. The summed E-state index contributed by atoms with van der Waals surface area (Å²) in [5.74, 6) is -0.647. The maximum Gasteiger partial charge on any atom is 0.220 e. The molecule has 1 heterocycles. The maximum atomic E-state index is 14.3. The van der Waals surface area contributed by atoms with E-state index >= 15 is 0 Å². The fraction of sp³-hybridized carbons (Fsp3) is 0.462. The van der Waals surface area contributed by atoms with Crippen molar-refractivity contribution in [3.05, 3.63) is 28.0 Å². The van der Waals surface area contributed by atoms with E-state index in [1.165, 1.54) is 0 Å². The second kappa shape index (κ2) is 5.88. The van der Waals surface area contributed by atoms with Crippen molar-refractivity contribution >= 4 is 27.5 Å². The summed E-state index contributed by atoms with van der Waals surface area (Å²) in [5, 5.41) is 0. The van der Waals surface area contributed by atoms with Gasteiger partial charge < -0.3 is 16.4 Å². The quantitative estimate of drug-likeness (QED) is 0.887. The minimum Gasteiger partial charge on any atom is -0.369 e. The topological polar surface area (TPSA) is 72.3 Å². The molecule has 0 unspecified atom stereocenters. The molecule has 19 heavy (non-hydrogen) atoms. The van der Waals surface area contributed by atoms with Crippen molar-refractivity contribution in [1.82, 2.24) is 0 Å². The first kappa shape index (κ1) is 14.3. The Balaban J connectivity index is 2.16. The van der Waals surface area contributed by atoms with Gasteiger partial charge in [-0.05, 0) is 40.4 Å². The Morgan fingerprint density at radius 3 is 2.58 bits per heavy atom. The Bertz CT molecular complexity index is 487. The molecule has 0 spiro atoms. The van der Waals surface area contributed by atoms with Crippen LogP contribution < -0.4 is 16.4 Å². The average molecular weight is 330 g/mol. The molecule has 6 heteroatoms. The van der Waals surface area contributed by atoms with Gasteiger partial charge in [0.2, 0.25) is 5.91 Å². The molecule has 0 saturated carbocycles. The lowest BCUT2D eigenvalue weighted by molar-refractivity contribution is -0.122. The van der Waals surface area contributed by atoms with E-state index < -0.39 is 0 Å². The molecular weight excluding hydrogens is 313 g/mol. The molecule has 1 aromatic rings. The van der Waals surface area contributed by atoms with E-state index in [0.717, 1.165) is 5.56 Å². The SMILES string of the molecule is NCc1ccc(N2CCC(C(N)=O)CC2)c(F)c1Br. The first-order valence-corrected chi connectivity index (χ1v) is 7.05. The molecule has 0 bridgehead atoms. The van der Waals surface area contributed by atoms with Gasteiger partial charge in [0.1, 0.15) is 0 Å². The van der Waals surface area contributed by atoms with Crippen LogP contribution in [0.15, 0.2) is 16.6 Å². The van der Waals surface area contributed by atoms with Gasteiger partial charge in [-0.15, -0.1) is 0 Å². The highest BCUT2D eigenvalue weighted by molar-refractivity contribution is 9.10. The zero-order valence-corrected chi connectivity index (χ0v) is 12.1. The number of nitrogens with zero attached hydrogens (tertiary/aromatic N) is 1. The number of halogens is 2. The van der Waals surface area contributed by atoms with Crippen molar-refractivity contribution in [1.29, 1.82) is 0 Å². The Hall–Kier alpha value is -1.14. The number of hydrogen-bond donors (Lipinski definition) is 2. The molecule has 0 aromatic heterocycles. The van der Waals surface area contributed by atoms with Crippen LogP contribution in [0.2, 0.25) is 0 Å². The van der Waals surface area contributed by atoms with Crippen molar-refractivity contribution in [3.8, 4) is 0 Å². The van der Waals surface area contributed by atoms with Crippen LogP contribution in [0.1, 0.15) is 18.4 Å². The largest absolute Gasteiger partial charge is 0.369 e. The second-order valence-electron chi connectivity index (χ2n) is 4.74. The van der Waals surface area contributed by atoms with Crippen LogP contribution in [0.25, 0.3) is 0 Å². The van der Waals surface area contributed by atoms with E-state index in [9.17, 15) is 9.18 Å². The average Bonchev–Trinajstić information content (AvgIpc) is 2.42. The fourth-order valence-electron chi connectivity index (χ4n) is 2.39. The highest BCUT2D eigenvalue weighted by atomic mass is 79.9. The van der Waals surface area contributed by atoms with E-state index in [4.69, 9.17) is 11.5 Å². The number of carbonyl (C=O) groups excluding carboxylic acids is 1. The van der Waals surface area contributed by atoms with Gasteiger partial charge in [-0.2, -0.15) is 0 Å². The summed E-state index contributed by atoms with van der Waals surface area (Å²) in [6, 6.07) is 3.57. The minimum atomic E-state index is -0.291. The van der Waals surface area contributed by atoms with Gasteiger partial charge in [-0.1, -0.05) is 6.07 Å². The third kappa shape index (κ3) is 2.90. The second-order valence-corrected chi connectivity index (χ2v) is 5.53. The van der Waals surface area contributed by atoms with Crippen molar-refractivity contribution in [2.75, 3.05) is 18.0 Å². The van der Waals surface area contributed by atoms with Crippen LogP contribution in [0.3, 0.4) is 0 Å². The molecule has 1 aliphatic heterocycles. The summed E-state index contributed by atoms with van der Waals surface area (Å²) in [5.41, 5.74) is 12.1. The predicted octanol–water partition coefficient (Wildman–Crippen LogP) is 1.75. The summed E-state index contributed by atoms with van der Waals surface area (Å²) in [7, 11) is 0. The molecule has 1 fully saturated rings. The third-order valence-electron chi connectivity index (χ3n) is 3.60. The minimum absolute atomic E-state index is 0.0916. The van der Waals surface area contributed by atoms with Gasteiger partial charge in [0.25, 0.3) is 0 Å². The van der Waals surface area contributed by atoms with Crippen molar-refractivity contribution < 1.29 is 9.18 Å². The normalized spacial score (nSPS) is 16.7. The van der Waals surface area contributed by atoms with Gasteiger partial charge in [0, 0.05) is 25.6 Å². The van der Waals surface area contributed by atoms with E-state index in [-0.39, 0.29) is 17.6 Å². The number of primary amides is 1. The van der Waals surface area contributed by atoms with Crippen molar-refractivity contribution in [2.24, 2.45) is 17.4 Å².